The molecule has 0 fully saturated rings. The maximum absolute atomic E-state index is 13.4. The summed E-state index contributed by atoms with van der Waals surface area (Å²) in [6.07, 6.45) is 1.64. The molecule has 140 valence electrons. The lowest BCUT2D eigenvalue weighted by Crippen LogP contribution is -2.25. The normalized spacial score (nSPS) is 12.1. The Hall–Kier alpha value is -2.82. The molecule has 0 radical (unpaired) electrons. The van der Waals surface area contributed by atoms with Crippen LogP contribution in [0.2, 0.25) is 10.0 Å². The van der Waals surface area contributed by atoms with Crippen LogP contribution in [0.3, 0.4) is 0 Å². The number of pyridine rings is 2. The predicted octanol–water partition coefficient (Wildman–Crippen LogP) is 5.87. The average Bonchev–Trinajstić information content (AvgIpc) is 2.68. The van der Waals surface area contributed by atoms with E-state index in [1.54, 1.807) is 29.0 Å². The highest BCUT2D eigenvalue weighted by atomic mass is 35.5. The Morgan fingerprint density at radius 3 is 2.54 bits per heavy atom. The summed E-state index contributed by atoms with van der Waals surface area (Å²) < 4.78 is 1.69. The van der Waals surface area contributed by atoms with Gasteiger partial charge in [-0.15, -0.1) is 0 Å². The van der Waals surface area contributed by atoms with E-state index in [0.29, 0.717) is 21.2 Å². The van der Waals surface area contributed by atoms with E-state index in [2.05, 4.69) is 10.3 Å². The van der Waals surface area contributed by atoms with Gasteiger partial charge in [0.15, 0.2) is 0 Å². The number of halogens is 2. The SMILES string of the molecule is C[C@H](Nc1cc(Cl)ccn1)c1cc2cccc(Cl)c2c(=O)n1-c1ccccc1. The number of nitrogens with zero attached hydrogens (tertiary/aromatic N) is 2. The molecule has 1 atom stereocenters. The van der Waals surface area contributed by atoms with Gasteiger partial charge in [0, 0.05) is 22.6 Å². The fourth-order valence-corrected chi connectivity index (χ4v) is 3.70. The molecule has 2 aromatic carbocycles. The van der Waals surface area contributed by atoms with Crippen LogP contribution >= 0.6 is 23.2 Å². The number of hydrogen-bond donors (Lipinski definition) is 1. The zero-order valence-corrected chi connectivity index (χ0v) is 16.6. The molecule has 0 aliphatic heterocycles. The monoisotopic (exact) mass is 409 g/mol. The Morgan fingerprint density at radius 2 is 1.79 bits per heavy atom. The number of anilines is 1. The first kappa shape index (κ1) is 18.5. The topological polar surface area (TPSA) is 46.9 Å². The fraction of sp³-hybridized carbons (Fsp3) is 0.0909. The van der Waals surface area contributed by atoms with Crippen molar-refractivity contribution >= 4 is 39.8 Å². The first-order valence-corrected chi connectivity index (χ1v) is 9.58. The van der Waals surface area contributed by atoms with Gasteiger partial charge in [0.1, 0.15) is 5.82 Å². The lowest BCUT2D eigenvalue weighted by molar-refractivity contribution is 0.773. The van der Waals surface area contributed by atoms with E-state index < -0.39 is 0 Å². The van der Waals surface area contributed by atoms with Crippen molar-refractivity contribution in [3.05, 3.63) is 99.0 Å². The predicted molar refractivity (Wildman–Crippen MR) is 116 cm³/mol. The lowest BCUT2D eigenvalue weighted by Gasteiger charge is -2.21. The van der Waals surface area contributed by atoms with Crippen LogP contribution in [0, 0.1) is 0 Å². The molecule has 4 rings (SSSR count). The van der Waals surface area contributed by atoms with E-state index in [1.807, 2.05) is 55.5 Å². The van der Waals surface area contributed by atoms with Crippen molar-refractivity contribution in [2.75, 3.05) is 5.32 Å². The number of hydrogen-bond acceptors (Lipinski definition) is 3. The second-order valence-corrected chi connectivity index (χ2v) is 7.32. The van der Waals surface area contributed by atoms with E-state index in [0.717, 1.165) is 16.8 Å². The third-order valence-corrected chi connectivity index (χ3v) is 5.12. The maximum Gasteiger partial charge on any atom is 0.264 e. The van der Waals surface area contributed by atoms with Crippen molar-refractivity contribution in [1.82, 2.24) is 9.55 Å². The van der Waals surface area contributed by atoms with Gasteiger partial charge in [0.25, 0.3) is 5.56 Å². The Morgan fingerprint density at radius 1 is 1.00 bits per heavy atom. The lowest BCUT2D eigenvalue weighted by atomic mass is 10.1. The molecule has 1 N–H and O–H groups in total. The summed E-state index contributed by atoms with van der Waals surface area (Å²) in [4.78, 5) is 17.7. The molecule has 0 unspecified atom stereocenters. The highest BCUT2D eigenvalue weighted by Gasteiger charge is 2.18. The van der Waals surface area contributed by atoms with Crippen molar-refractivity contribution in [3.63, 3.8) is 0 Å². The van der Waals surface area contributed by atoms with E-state index >= 15 is 0 Å². The molecule has 4 nitrogen and oxygen atoms in total. The van der Waals surface area contributed by atoms with E-state index in [4.69, 9.17) is 23.2 Å². The Kier molecular flexibility index (Phi) is 5.07. The number of para-hydroxylation sites is 1. The Labute approximate surface area is 172 Å². The molecule has 0 aliphatic rings. The number of aromatic nitrogens is 2. The Bertz CT molecular complexity index is 1210. The average molecular weight is 410 g/mol. The van der Waals surface area contributed by atoms with Crippen molar-refractivity contribution < 1.29 is 0 Å². The largest absolute Gasteiger partial charge is 0.362 e. The molecule has 2 aromatic heterocycles. The molecule has 0 aliphatic carbocycles. The third kappa shape index (κ3) is 3.49. The van der Waals surface area contributed by atoms with Crippen molar-refractivity contribution in [2.24, 2.45) is 0 Å². The number of rotatable bonds is 4. The van der Waals surface area contributed by atoms with E-state index in [-0.39, 0.29) is 11.6 Å². The summed E-state index contributed by atoms with van der Waals surface area (Å²) in [5, 5.41) is 5.66. The van der Waals surface area contributed by atoms with Crippen LogP contribution in [-0.4, -0.2) is 9.55 Å². The van der Waals surface area contributed by atoms with Crippen LogP contribution in [0.15, 0.2) is 77.7 Å². The molecule has 6 heteroatoms. The van der Waals surface area contributed by atoms with Crippen LogP contribution in [-0.2, 0) is 0 Å². The molecule has 2 heterocycles. The summed E-state index contributed by atoms with van der Waals surface area (Å²) in [6, 6.07) is 20.2. The van der Waals surface area contributed by atoms with Gasteiger partial charge < -0.3 is 5.32 Å². The number of fused-ring (bicyclic) bond motifs is 1. The van der Waals surface area contributed by atoms with Gasteiger partial charge in [0.2, 0.25) is 0 Å². The first-order valence-electron chi connectivity index (χ1n) is 8.82. The number of benzene rings is 2. The second kappa shape index (κ2) is 7.66. The molecule has 28 heavy (non-hydrogen) atoms. The highest BCUT2D eigenvalue weighted by molar-refractivity contribution is 6.35. The van der Waals surface area contributed by atoms with Gasteiger partial charge in [-0.05, 0) is 48.7 Å². The van der Waals surface area contributed by atoms with Crippen LogP contribution in [0.25, 0.3) is 16.5 Å². The van der Waals surface area contributed by atoms with Crippen LogP contribution in [0.1, 0.15) is 18.7 Å². The molecule has 0 amide bonds. The summed E-state index contributed by atoms with van der Waals surface area (Å²) >= 11 is 12.4. The van der Waals surface area contributed by atoms with E-state index in [1.165, 1.54) is 0 Å². The highest BCUT2D eigenvalue weighted by Crippen LogP contribution is 2.27. The minimum absolute atomic E-state index is 0.156. The zero-order valence-electron chi connectivity index (χ0n) is 15.1. The molecule has 0 spiro atoms. The second-order valence-electron chi connectivity index (χ2n) is 6.47. The first-order chi connectivity index (χ1) is 13.5. The van der Waals surface area contributed by atoms with Gasteiger partial charge in [-0.2, -0.15) is 0 Å². The van der Waals surface area contributed by atoms with Gasteiger partial charge in [-0.3, -0.25) is 9.36 Å². The minimum Gasteiger partial charge on any atom is -0.362 e. The fourth-order valence-electron chi connectivity index (χ4n) is 3.28. The van der Waals surface area contributed by atoms with E-state index in [9.17, 15) is 4.79 Å². The van der Waals surface area contributed by atoms with Crippen molar-refractivity contribution in [3.8, 4) is 5.69 Å². The van der Waals surface area contributed by atoms with Crippen LogP contribution in [0.5, 0.6) is 0 Å². The van der Waals surface area contributed by atoms with Gasteiger partial charge in [-0.1, -0.05) is 53.5 Å². The smallest absolute Gasteiger partial charge is 0.264 e. The third-order valence-electron chi connectivity index (χ3n) is 4.57. The van der Waals surface area contributed by atoms with Crippen LogP contribution in [0.4, 0.5) is 5.82 Å². The standard InChI is InChI=1S/C22H17Cl2N3O/c1-14(26-20-13-16(23)10-11-25-20)19-12-15-6-5-9-18(24)21(15)22(28)27(19)17-7-3-2-4-8-17/h2-14H,1H3,(H,25,26)/t14-/m0/s1. The van der Waals surface area contributed by atoms with Crippen LogP contribution < -0.4 is 10.9 Å². The van der Waals surface area contributed by atoms with Crippen molar-refractivity contribution in [1.29, 1.82) is 0 Å². The molecule has 0 bridgehead atoms. The molecular formula is C22H17Cl2N3O. The quantitative estimate of drug-likeness (QED) is 0.458. The minimum atomic E-state index is -0.206. The molecular weight excluding hydrogens is 393 g/mol. The number of nitrogens with one attached hydrogen (secondary N) is 1. The summed E-state index contributed by atoms with van der Waals surface area (Å²) in [5.74, 6) is 0.637. The molecule has 0 saturated carbocycles. The summed E-state index contributed by atoms with van der Waals surface area (Å²) in [5.41, 5.74) is 1.42. The van der Waals surface area contributed by atoms with Gasteiger partial charge in [-0.25, -0.2) is 4.98 Å². The molecule has 0 saturated heterocycles. The maximum atomic E-state index is 13.4. The van der Waals surface area contributed by atoms with Gasteiger partial charge in [0.05, 0.1) is 16.5 Å². The van der Waals surface area contributed by atoms with Crippen molar-refractivity contribution in [2.45, 2.75) is 13.0 Å². The Balaban J connectivity index is 1.92. The summed E-state index contributed by atoms with van der Waals surface area (Å²) in [6.45, 7) is 1.98. The summed E-state index contributed by atoms with van der Waals surface area (Å²) in [7, 11) is 0. The van der Waals surface area contributed by atoms with Gasteiger partial charge >= 0.3 is 0 Å². The zero-order chi connectivity index (χ0) is 19.7. The molecule has 4 aromatic rings.